The lowest BCUT2D eigenvalue weighted by atomic mass is 9.98. The summed E-state index contributed by atoms with van der Waals surface area (Å²) in [5.41, 5.74) is 7.65. The van der Waals surface area contributed by atoms with E-state index >= 15 is 0 Å². The van der Waals surface area contributed by atoms with Gasteiger partial charge in [-0.3, -0.25) is 4.90 Å². The number of hydrogen-bond acceptors (Lipinski definition) is 3. The summed E-state index contributed by atoms with van der Waals surface area (Å²) in [4.78, 5) is 4.82. The van der Waals surface area contributed by atoms with E-state index < -0.39 is 0 Å². The number of likely N-dealkylation sites (N-methyl/N-ethyl adjacent to an activating group) is 1. The highest BCUT2D eigenvalue weighted by molar-refractivity contribution is 5.26. The summed E-state index contributed by atoms with van der Waals surface area (Å²) in [5, 5.41) is 0. The quantitative estimate of drug-likeness (QED) is 0.905. The molecule has 1 aromatic rings. The molecule has 0 spiro atoms. The van der Waals surface area contributed by atoms with Crippen molar-refractivity contribution in [2.45, 2.75) is 38.8 Å². The molecule has 0 aliphatic carbocycles. The zero-order valence-electron chi connectivity index (χ0n) is 13.5. The van der Waals surface area contributed by atoms with Gasteiger partial charge in [-0.15, -0.1) is 0 Å². The third-order valence-electron chi connectivity index (χ3n) is 4.88. The number of rotatable bonds is 5. The van der Waals surface area contributed by atoms with Gasteiger partial charge in [-0.05, 0) is 63.6 Å². The Bertz CT molecular complexity index is 455. The predicted octanol–water partition coefficient (Wildman–Crippen LogP) is 2.55. The van der Waals surface area contributed by atoms with Crippen LogP contribution >= 0.6 is 0 Å². The largest absolute Gasteiger partial charge is 0.329 e. The third kappa shape index (κ3) is 3.82. The molecule has 21 heavy (non-hydrogen) atoms. The molecule has 1 fully saturated rings. The lowest BCUT2D eigenvalue weighted by molar-refractivity contribution is 0.101. The third-order valence-corrected chi connectivity index (χ3v) is 4.88. The normalized spacial score (nSPS) is 19.1. The van der Waals surface area contributed by atoms with Crippen molar-refractivity contribution in [1.29, 1.82) is 0 Å². The molecule has 0 saturated carbocycles. The van der Waals surface area contributed by atoms with Crippen LogP contribution in [0.5, 0.6) is 0 Å². The molecule has 1 unspecified atom stereocenters. The van der Waals surface area contributed by atoms with Crippen LogP contribution in [0.25, 0.3) is 0 Å². The van der Waals surface area contributed by atoms with E-state index in [-0.39, 0.29) is 11.9 Å². The zero-order valence-corrected chi connectivity index (χ0v) is 13.5. The summed E-state index contributed by atoms with van der Waals surface area (Å²) in [6.45, 7) is 7.94. The van der Waals surface area contributed by atoms with Gasteiger partial charge < -0.3 is 10.6 Å². The molecule has 118 valence electrons. The lowest BCUT2D eigenvalue weighted by Gasteiger charge is -2.40. The van der Waals surface area contributed by atoms with Crippen molar-refractivity contribution in [3.05, 3.63) is 35.1 Å². The van der Waals surface area contributed by atoms with Crippen molar-refractivity contribution in [2.24, 2.45) is 5.73 Å². The summed E-state index contributed by atoms with van der Waals surface area (Å²) in [6, 6.07) is 6.13. The van der Waals surface area contributed by atoms with Crippen LogP contribution in [0.2, 0.25) is 0 Å². The minimum Gasteiger partial charge on any atom is -0.329 e. The van der Waals surface area contributed by atoms with Crippen molar-refractivity contribution in [1.82, 2.24) is 9.80 Å². The highest BCUT2D eigenvalue weighted by atomic mass is 19.1. The topological polar surface area (TPSA) is 32.5 Å². The van der Waals surface area contributed by atoms with Crippen LogP contribution in [0.4, 0.5) is 4.39 Å². The summed E-state index contributed by atoms with van der Waals surface area (Å²) in [5.74, 6) is -0.139. The summed E-state index contributed by atoms with van der Waals surface area (Å²) < 4.78 is 13.8. The summed E-state index contributed by atoms with van der Waals surface area (Å²) in [6.07, 6.45) is 2.32. The highest BCUT2D eigenvalue weighted by Crippen LogP contribution is 2.26. The second-order valence-electron chi connectivity index (χ2n) is 6.09. The van der Waals surface area contributed by atoms with Crippen molar-refractivity contribution in [2.75, 3.05) is 33.2 Å². The first-order valence-corrected chi connectivity index (χ1v) is 7.97. The maximum absolute atomic E-state index is 13.8. The molecule has 0 aromatic heterocycles. The van der Waals surface area contributed by atoms with Crippen molar-refractivity contribution < 1.29 is 4.39 Å². The fourth-order valence-electron chi connectivity index (χ4n) is 3.25. The predicted molar refractivity (Wildman–Crippen MR) is 85.8 cm³/mol. The van der Waals surface area contributed by atoms with Gasteiger partial charge in [-0.25, -0.2) is 4.39 Å². The summed E-state index contributed by atoms with van der Waals surface area (Å²) in [7, 11) is 2.13. The van der Waals surface area contributed by atoms with Crippen LogP contribution in [-0.2, 0) is 0 Å². The molecule has 0 radical (unpaired) electrons. The molecule has 0 bridgehead atoms. The van der Waals surface area contributed by atoms with Crippen LogP contribution in [0.15, 0.2) is 18.2 Å². The first kappa shape index (κ1) is 16.4. The van der Waals surface area contributed by atoms with Crippen molar-refractivity contribution in [3.8, 4) is 0 Å². The highest BCUT2D eigenvalue weighted by Gasteiger charge is 2.27. The molecule has 3 nitrogen and oxygen atoms in total. The molecule has 1 saturated heterocycles. The second kappa shape index (κ2) is 7.34. The Balaban J connectivity index is 2.08. The number of halogens is 1. The Morgan fingerprint density at radius 1 is 1.38 bits per heavy atom. The SMILES string of the molecule is CCN1CCC(N(C)C(CN)c2ccc(C)c(F)c2)CC1. The van der Waals surface area contributed by atoms with Gasteiger partial charge in [-0.2, -0.15) is 0 Å². The number of benzene rings is 1. The maximum atomic E-state index is 13.8. The van der Waals surface area contributed by atoms with Gasteiger partial charge in [-0.1, -0.05) is 19.1 Å². The maximum Gasteiger partial charge on any atom is 0.126 e. The van der Waals surface area contributed by atoms with Crippen molar-refractivity contribution >= 4 is 0 Å². The average Bonchev–Trinajstić information content (AvgIpc) is 2.51. The molecule has 1 aliphatic rings. The van der Waals surface area contributed by atoms with E-state index in [0.717, 1.165) is 38.0 Å². The first-order chi connectivity index (χ1) is 10.1. The van der Waals surface area contributed by atoms with Crippen LogP contribution in [0.3, 0.4) is 0 Å². The Morgan fingerprint density at radius 3 is 2.57 bits per heavy atom. The number of nitrogens with zero attached hydrogens (tertiary/aromatic N) is 2. The monoisotopic (exact) mass is 293 g/mol. The number of aryl methyl sites for hydroxylation is 1. The Kier molecular flexibility index (Phi) is 5.73. The minimum atomic E-state index is -0.139. The fraction of sp³-hybridized carbons (Fsp3) is 0.647. The molecular weight excluding hydrogens is 265 g/mol. The van der Waals surface area contributed by atoms with E-state index in [4.69, 9.17) is 5.73 Å². The molecule has 1 aromatic carbocycles. The van der Waals surface area contributed by atoms with Gasteiger partial charge in [0.1, 0.15) is 5.82 Å². The average molecular weight is 293 g/mol. The second-order valence-corrected chi connectivity index (χ2v) is 6.09. The molecular formula is C17H28FN3. The van der Waals surface area contributed by atoms with Gasteiger partial charge in [0.05, 0.1) is 0 Å². The minimum absolute atomic E-state index is 0.0956. The van der Waals surface area contributed by atoms with E-state index in [1.165, 1.54) is 0 Å². The van der Waals surface area contributed by atoms with E-state index in [9.17, 15) is 4.39 Å². The number of hydrogen-bond donors (Lipinski definition) is 1. The Morgan fingerprint density at radius 2 is 2.05 bits per heavy atom. The van der Waals surface area contributed by atoms with E-state index in [1.54, 1.807) is 13.0 Å². The molecule has 2 rings (SSSR count). The molecule has 0 amide bonds. The zero-order chi connectivity index (χ0) is 15.4. The van der Waals surface area contributed by atoms with Crippen LogP contribution in [0.1, 0.15) is 36.9 Å². The van der Waals surface area contributed by atoms with Crippen LogP contribution < -0.4 is 5.73 Å². The van der Waals surface area contributed by atoms with Gasteiger partial charge in [0.25, 0.3) is 0 Å². The lowest BCUT2D eigenvalue weighted by Crippen LogP contribution is -2.45. The number of nitrogens with two attached hydrogens (primary N) is 1. The number of piperidine rings is 1. The van der Waals surface area contributed by atoms with Crippen molar-refractivity contribution in [3.63, 3.8) is 0 Å². The van der Waals surface area contributed by atoms with Crippen LogP contribution in [0, 0.1) is 12.7 Å². The van der Waals surface area contributed by atoms with E-state index in [1.807, 2.05) is 12.1 Å². The van der Waals surface area contributed by atoms with E-state index in [2.05, 4.69) is 23.8 Å². The smallest absolute Gasteiger partial charge is 0.126 e. The van der Waals surface area contributed by atoms with E-state index in [0.29, 0.717) is 18.2 Å². The summed E-state index contributed by atoms with van der Waals surface area (Å²) >= 11 is 0. The molecule has 1 heterocycles. The standard InChI is InChI=1S/C17H28FN3/c1-4-21-9-7-15(8-10-21)20(3)17(12-19)14-6-5-13(2)16(18)11-14/h5-6,11,15,17H,4,7-10,12,19H2,1-3H3. The molecule has 1 aliphatic heterocycles. The molecule has 4 heteroatoms. The van der Waals surface area contributed by atoms with Gasteiger partial charge >= 0.3 is 0 Å². The van der Waals surface area contributed by atoms with Crippen LogP contribution in [-0.4, -0.2) is 49.1 Å². The fourth-order valence-corrected chi connectivity index (χ4v) is 3.25. The Labute approximate surface area is 127 Å². The number of likely N-dealkylation sites (tertiary alicyclic amines) is 1. The Hall–Kier alpha value is -0.970. The molecule has 2 N–H and O–H groups in total. The van der Waals surface area contributed by atoms with Gasteiger partial charge in [0, 0.05) is 18.6 Å². The van der Waals surface area contributed by atoms with Gasteiger partial charge in [0.15, 0.2) is 0 Å². The first-order valence-electron chi connectivity index (χ1n) is 7.97. The van der Waals surface area contributed by atoms with Gasteiger partial charge in [0.2, 0.25) is 0 Å². The molecule has 1 atom stereocenters.